The molecule has 0 aromatic heterocycles. The SMILES string of the molecule is CCC(CC)(Oc1ccc(CC(=O)Cc2ccc(S(=O)(=O)CC)cc2)cc1)c1ccc(F)cc1F. The van der Waals surface area contributed by atoms with Gasteiger partial charge in [0, 0.05) is 24.5 Å². The van der Waals surface area contributed by atoms with E-state index in [4.69, 9.17) is 4.74 Å². The highest BCUT2D eigenvalue weighted by molar-refractivity contribution is 7.91. The lowest BCUT2D eigenvalue weighted by Crippen LogP contribution is -2.33. The Morgan fingerprint density at radius 1 is 0.829 bits per heavy atom. The van der Waals surface area contributed by atoms with Crippen LogP contribution in [0.2, 0.25) is 0 Å². The molecule has 0 aliphatic carbocycles. The van der Waals surface area contributed by atoms with Gasteiger partial charge in [-0.15, -0.1) is 0 Å². The molecule has 0 amide bonds. The van der Waals surface area contributed by atoms with Crippen LogP contribution in [0.4, 0.5) is 8.78 Å². The third-order valence-electron chi connectivity index (χ3n) is 6.27. The topological polar surface area (TPSA) is 60.4 Å². The summed E-state index contributed by atoms with van der Waals surface area (Å²) < 4.78 is 58.0. The molecular weight excluding hydrogens is 470 g/mol. The van der Waals surface area contributed by atoms with Crippen molar-refractivity contribution in [3.05, 3.63) is 95.1 Å². The van der Waals surface area contributed by atoms with Crippen LogP contribution in [0, 0.1) is 11.6 Å². The van der Waals surface area contributed by atoms with Gasteiger partial charge in [-0.1, -0.05) is 45.0 Å². The first kappa shape index (κ1) is 26.5. The van der Waals surface area contributed by atoms with Crippen LogP contribution in [0.25, 0.3) is 0 Å². The van der Waals surface area contributed by atoms with Crippen LogP contribution in [-0.2, 0) is 33.1 Å². The highest BCUT2D eigenvalue weighted by atomic mass is 32.2. The smallest absolute Gasteiger partial charge is 0.178 e. The molecule has 3 rings (SSSR count). The third-order valence-corrected chi connectivity index (χ3v) is 8.02. The molecule has 0 spiro atoms. The van der Waals surface area contributed by atoms with Crippen molar-refractivity contribution < 1.29 is 26.7 Å². The average molecular weight is 501 g/mol. The minimum absolute atomic E-state index is 0.00499. The van der Waals surface area contributed by atoms with E-state index in [-0.39, 0.29) is 29.3 Å². The fraction of sp³-hybridized carbons (Fsp3) is 0.321. The summed E-state index contributed by atoms with van der Waals surface area (Å²) in [7, 11) is -3.27. The Balaban J connectivity index is 1.67. The van der Waals surface area contributed by atoms with Gasteiger partial charge in [-0.25, -0.2) is 17.2 Å². The number of ketones is 1. The minimum atomic E-state index is -3.27. The van der Waals surface area contributed by atoms with Crippen LogP contribution < -0.4 is 4.74 Å². The van der Waals surface area contributed by atoms with Crippen LogP contribution in [0.15, 0.2) is 71.6 Å². The summed E-state index contributed by atoms with van der Waals surface area (Å²) in [5, 5.41) is 0. The number of sulfone groups is 1. The van der Waals surface area contributed by atoms with E-state index >= 15 is 0 Å². The Morgan fingerprint density at radius 3 is 1.86 bits per heavy atom. The Bertz CT molecular complexity index is 1260. The zero-order valence-electron chi connectivity index (χ0n) is 20.2. The van der Waals surface area contributed by atoms with Crippen molar-refractivity contribution in [3.8, 4) is 5.75 Å². The first-order valence-electron chi connectivity index (χ1n) is 11.7. The molecule has 35 heavy (non-hydrogen) atoms. The lowest BCUT2D eigenvalue weighted by molar-refractivity contribution is -0.117. The molecule has 0 heterocycles. The van der Waals surface area contributed by atoms with Gasteiger partial charge >= 0.3 is 0 Å². The van der Waals surface area contributed by atoms with Gasteiger partial charge in [-0.05, 0) is 60.4 Å². The molecule has 0 atom stereocenters. The number of halogens is 2. The van der Waals surface area contributed by atoms with Gasteiger partial charge in [0.15, 0.2) is 9.84 Å². The predicted molar refractivity (Wildman–Crippen MR) is 132 cm³/mol. The maximum Gasteiger partial charge on any atom is 0.178 e. The van der Waals surface area contributed by atoms with Crippen molar-refractivity contribution in [1.29, 1.82) is 0 Å². The summed E-state index contributed by atoms with van der Waals surface area (Å²) in [4.78, 5) is 12.8. The summed E-state index contributed by atoms with van der Waals surface area (Å²) in [6.07, 6.45) is 1.40. The molecule has 0 fully saturated rings. The highest BCUT2D eigenvalue weighted by Crippen LogP contribution is 2.36. The number of carbonyl (C=O) groups excluding carboxylic acids is 1. The van der Waals surface area contributed by atoms with Crippen LogP contribution in [0.3, 0.4) is 0 Å². The predicted octanol–water partition coefficient (Wildman–Crippen LogP) is 6.21. The Kier molecular flexibility index (Phi) is 8.43. The van der Waals surface area contributed by atoms with Crippen molar-refractivity contribution in [1.82, 2.24) is 0 Å². The van der Waals surface area contributed by atoms with E-state index in [2.05, 4.69) is 0 Å². The Hall–Kier alpha value is -3.06. The van der Waals surface area contributed by atoms with Gasteiger partial charge in [0.1, 0.15) is 28.8 Å². The first-order chi connectivity index (χ1) is 16.6. The zero-order valence-corrected chi connectivity index (χ0v) is 21.0. The van der Waals surface area contributed by atoms with Gasteiger partial charge in [0.25, 0.3) is 0 Å². The number of hydrogen-bond donors (Lipinski definition) is 0. The second-order valence-electron chi connectivity index (χ2n) is 8.51. The summed E-state index contributed by atoms with van der Waals surface area (Å²) in [5.74, 6) is -0.725. The molecule has 4 nitrogen and oxygen atoms in total. The van der Waals surface area contributed by atoms with Gasteiger partial charge in [0.05, 0.1) is 10.6 Å². The molecular formula is C28H30F2O4S. The van der Waals surface area contributed by atoms with Crippen LogP contribution in [0.1, 0.15) is 50.3 Å². The maximum atomic E-state index is 14.5. The van der Waals surface area contributed by atoms with E-state index in [1.54, 1.807) is 43.3 Å². The van der Waals surface area contributed by atoms with Gasteiger partial charge < -0.3 is 4.74 Å². The van der Waals surface area contributed by atoms with Gasteiger partial charge in [-0.3, -0.25) is 4.79 Å². The van der Waals surface area contributed by atoms with Gasteiger partial charge in [0.2, 0.25) is 0 Å². The number of hydrogen-bond acceptors (Lipinski definition) is 4. The van der Waals surface area contributed by atoms with Crippen molar-refractivity contribution in [3.63, 3.8) is 0 Å². The molecule has 7 heteroatoms. The lowest BCUT2D eigenvalue weighted by atomic mass is 9.87. The van der Waals surface area contributed by atoms with E-state index in [0.717, 1.165) is 17.2 Å². The summed E-state index contributed by atoms with van der Waals surface area (Å²) in [5.41, 5.74) is 0.925. The van der Waals surface area contributed by atoms with E-state index in [1.807, 2.05) is 13.8 Å². The number of carbonyl (C=O) groups is 1. The molecule has 0 unspecified atom stereocenters. The minimum Gasteiger partial charge on any atom is -0.482 e. The number of benzene rings is 3. The fourth-order valence-electron chi connectivity index (χ4n) is 4.09. The van der Waals surface area contributed by atoms with Crippen molar-refractivity contribution in [2.75, 3.05) is 5.75 Å². The summed E-state index contributed by atoms with van der Waals surface area (Å²) >= 11 is 0. The van der Waals surface area contributed by atoms with Crippen LogP contribution in [-0.4, -0.2) is 20.0 Å². The quantitative estimate of drug-likeness (QED) is 0.314. The summed E-state index contributed by atoms with van der Waals surface area (Å²) in [6, 6.07) is 17.0. The normalized spacial score (nSPS) is 11.9. The fourth-order valence-corrected chi connectivity index (χ4v) is 4.97. The first-order valence-corrected chi connectivity index (χ1v) is 13.3. The molecule has 3 aromatic rings. The number of rotatable bonds is 11. The summed E-state index contributed by atoms with van der Waals surface area (Å²) in [6.45, 7) is 5.38. The number of Topliss-reactive ketones (excluding diaryl/α,β-unsaturated/α-hetero) is 1. The van der Waals surface area contributed by atoms with Crippen LogP contribution >= 0.6 is 0 Å². The van der Waals surface area contributed by atoms with Crippen molar-refractivity contribution in [2.24, 2.45) is 0 Å². The highest BCUT2D eigenvalue weighted by Gasteiger charge is 2.33. The molecule has 3 aromatic carbocycles. The standard InChI is InChI=1S/C28H30F2O4S/c1-4-28(5-2,26-16-11-22(29)19-27(26)30)34-24-12-7-20(8-13-24)17-23(31)18-21-9-14-25(15-10-21)35(32,33)6-3/h7-16,19H,4-6,17-18H2,1-3H3. The van der Waals surface area contributed by atoms with Gasteiger partial charge in [-0.2, -0.15) is 0 Å². The molecule has 0 bridgehead atoms. The largest absolute Gasteiger partial charge is 0.482 e. The maximum absolute atomic E-state index is 14.5. The van der Waals surface area contributed by atoms with Crippen LogP contribution in [0.5, 0.6) is 5.75 Å². The van der Waals surface area contributed by atoms with Crippen molar-refractivity contribution in [2.45, 2.75) is 57.0 Å². The molecule has 0 aliphatic heterocycles. The Labute approximate surface area is 205 Å². The molecule has 0 aliphatic rings. The molecule has 0 radical (unpaired) electrons. The van der Waals surface area contributed by atoms with E-state index in [9.17, 15) is 22.0 Å². The van der Waals surface area contributed by atoms with Crippen molar-refractivity contribution >= 4 is 15.6 Å². The average Bonchev–Trinajstić information content (AvgIpc) is 2.84. The van der Waals surface area contributed by atoms with E-state index < -0.39 is 27.1 Å². The molecule has 0 saturated heterocycles. The zero-order chi connectivity index (χ0) is 25.6. The third kappa shape index (κ3) is 6.34. The monoisotopic (exact) mass is 500 g/mol. The second-order valence-corrected chi connectivity index (χ2v) is 10.8. The van der Waals surface area contributed by atoms with E-state index in [0.29, 0.717) is 24.2 Å². The molecule has 186 valence electrons. The lowest BCUT2D eigenvalue weighted by Gasteiger charge is -2.33. The van der Waals surface area contributed by atoms with E-state index in [1.165, 1.54) is 24.3 Å². The molecule has 0 N–H and O–H groups in total. The number of ether oxygens (including phenoxy) is 1. The second kappa shape index (κ2) is 11.1. The molecule has 0 saturated carbocycles. The Morgan fingerprint density at radius 2 is 1.37 bits per heavy atom.